The van der Waals surface area contributed by atoms with E-state index in [1.165, 1.54) is 6.20 Å². The van der Waals surface area contributed by atoms with Gasteiger partial charge in [0.05, 0.1) is 5.69 Å². The number of carbonyl (C=O) groups is 1. The van der Waals surface area contributed by atoms with Gasteiger partial charge in [-0.25, -0.2) is 4.79 Å². The van der Waals surface area contributed by atoms with Crippen molar-refractivity contribution in [3.05, 3.63) is 51.8 Å². The molecule has 1 heterocycles. The molecule has 0 aliphatic heterocycles. The number of anilines is 2. The number of carboxylic acids is 1. The van der Waals surface area contributed by atoms with Gasteiger partial charge in [0.1, 0.15) is 5.56 Å². The van der Waals surface area contributed by atoms with Gasteiger partial charge >= 0.3 is 5.97 Å². The molecule has 1 aromatic heterocycles. The highest BCUT2D eigenvalue weighted by molar-refractivity contribution is 6.35. The zero-order chi connectivity index (χ0) is 14.0. The maximum Gasteiger partial charge on any atom is 0.339 e. The monoisotopic (exact) mass is 296 g/mol. The largest absolute Gasteiger partial charge is 0.478 e. The highest BCUT2D eigenvalue weighted by atomic mass is 35.5. The standard InChI is InChI=1S/C13H10Cl2N2O2/c1-7-2-12(11(6-16-7)13(18)19)17-10-4-8(14)3-9(15)5-10/h2-6H,1H3,(H,16,17)(H,18,19). The fourth-order valence-corrected chi connectivity index (χ4v) is 2.14. The Bertz CT molecular complexity index is 624. The van der Waals surface area contributed by atoms with Crippen molar-refractivity contribution in [3.8, 4) is 0 Å². The van der Waals surface area contributed by atoms with Crippen LogP contribution >= 0.6 is 23.2 Å². The highest BCUT2D eigenvalue weighted by Gasteiger charge is 2.11. The summed E-state index contributed by atoms with van der Waals surface area (Å²) in [6, 6.07) is 6.58. The molecule has 1 aromatic carbocycles. The Kier molecular flexibility index (Phi) is 3.93. The van der Waals surface area contributed by atoms with Crippen LogP contribution in [0.2, 0.25) is 10.0 Å². The minimum Gasteiger partial charge on any atom is -0.478 e. The van der Waals surface area contributed by atoms with Crippen molar-refractivity contribution in [1.82, 2.24) is 4.98 Å². The van der Waals surface area contributed by atoms with Crippen LogP contribution in [0.4, 0.5) is 11.4 Å². The minimum absolute atomic E-state index is 0.0849. The van der Waals surface area contributed by atoms with Crippen LogP contribution in [0, 0.1) is 6.92 Å². The number of benzene rings is 1. The topological polar surface area (TPSA) is 62.2 Å². The molecule has 0 saturated heterocycles. The summed E-state index contributed by atoms with van der Waals surface area (Å²) in [5, 5.41) is 13.0. The van der Waals surface area contributed by atoms with Gasteiger partial charge in [-0.05, 0) is 31.2 Å². The lowest BCUT2D eigenvalue weighted by Gasteiger charge is -2.10. The number of pyridine rings is 1. The number of nitrogens with one attached hydrogen (secondary N) is 1. The Morgan fingerprint density at radius 3 is 2.42 bits per heavy atom. The molecule has 0 unspecified atom stereocenters. The van der Waals surface area contributed by atoms with Crippen molar-refractivity contribution in [1.29, 1.82) is 0 Å². The van der Waals surface area contributed by atoms with E-state index >= 15 is 0 Å². The molecule has 0 aliphatic carbocycles. The first-order chi connectivity index (χ1) is 8.95. The molecule has 0 spiro atoms. The summed E-state index contributed by atoms with van der Waals surface area (Å²) in [7, 11) is 0. The van der Waals surface area contributed by atoms with E-state index in [-0.39, 0.29) is 5.56 Å². The van der Waals surface area contributed by atoms with Crippen molar-refractivity contribution in [2.75, 3.05) is 5.32 Å². The molecule has 2 N–H and O–H groups in total. The summed E-state index contributed by atoms with van der Waals surface area (Å²) in [6.07, 6.45) is 1.31. The van der Waals surface area contributed by atoms with E-state index in [2.05, 4.69) is 10.3 Å². The Labute approximate surface area is 120 Å². The Hall–Kier alpha value is -1.78. The predicted molar refractivity (Wildman–Crippen MR) is 75.7 cm³/mol. The molecule has 0 aliphatic rings. The van der Waals surface area contributed by atoms with Crippen LogP contribution in [0.15, 0.2) is 30.5 Å². The van der Waals surface area contributed by atoms with Crippen LogP contribution in [0.3, 0.4) is 0 Å². The Morgan fingerprint density at radius 2 is 1.84 bits per heavy atom. The highest BCUT2D eigenvalue weighted by Crippen LogP contribution is 2.27. The first kappa shape index (κ1) is 13.6. The van der Waals surface area contributed by atoms with Crippen LogP contribution in [0.5, 0.6) is 0 Å². The summed E-state index contributed by atoms with van der Waals surface area (Å²) in [4.78, 5) is 15.1. The SMILES string of the molecule is Cc1cc(Nc2cc(Cl)cc(Cl)c2)c(C(=O)O)cn1. The van der Waals surface area contributed by atoms with Gasteiger partial charge in [0.2, 0.25) is 0 Å². The van der Waals surface area contributed by atoms with E-state index in [9.17, 15) is 4.79 Å². The zero-order valence-corrected chi connectivity index (χ0v) is 11.5. The van der Waals surface area contributed by atoms with Crippen LogP contribution in [0.25, 0.3) is 0 Å². The second-order valence-electron chi connectivity index (χ2n) is 3.96. The van der Waals surface area contributed by atoms with Gasteiger partial charge in [-0.1, -0.05) is 23.2 Å². The first-order valence-electron chi connectivity index (χ1n) is 5.39. The van der Waals surface area contributed by atoms with E-state index in [4.69, 9.17) is 28.3 Å². The van der Waals surface area contributed by atoms with Gasteiger partial charge < -0.3 is 10.4 Å². The maximum atomic E-state index is 11.1. The van der Waals surface area contributed by atoms with Crippen LogP contribution in [-0.4, -0.2) is 16.1 Å². The molecule has 19 heavy (non-hydrogen) atoms. The molecule has 0 saturated carbocycles. The lowest BCUT2D eigenvalue weighted by molar-refractivity contribution is 0.0697. The lowest BCUT2D eigenvalue weighted by atomic mass is 10.2. The number of aromatic nitrogens is 1. The van der Waals surface area contributed by atoms with Gasteiger partial charge in [-0.3, -0.25) is 4.98 Å². The summed E-state index contributed by atoms with van der Waals surface area (Å²) in [6.45, 7) is 1.78. The number of nitrogens with zero attached hydrogens (tertiary/aromatic N) is 1. The van der Waals surface area contributed by atoms with E-state index in [1.807, 2.05) is 0 Å². The van der Waals surface area contributed by atoms with Crippen LogP contribution < -0.4 is 5.32 Å². The molecule has 0 amide bonds. The first-order valence-corrected chi connectivity index (χ1v) is 6.14. The van der Waals surface area contributed by atoms with Crippen molar-refractivity contribution < 1.29 is 9.90 Å². The number of aryl methyl sites for hydroxylation is 1. The third-order valence-electron chi connectivity index (χ3n) is 2.41. The number of carboxylic acid groups (broad SMARTS) is 1. The van der Waals surface area contributed by atoms with E-state index in [0.29, 0.717) is 27.1 Å². The minimum atomic E-state index is -1.05. The molecule has 6 heteroatoms. The molecule has 0 fully saturated rings. The normalized spacial score (nSPS) is 10.3. The molecule has 2 aromatic rings. The van der Waals surface area contributed by atoms with Gasteiger partial charge in [0.15, 0.2) is 0 Å². The molecular formula is C13H10Cl2N2O2. The molecule has 98 valence electrons. The molecular weight excluding hydrogens is 287 g/mol. The number of aromatic carboxylic acids is 1. The van der Waals surface area contributed by atoms with Gasteiger partial charge in [0, 0.05) is 27.6 Å². The number of hydrogen-bond donors (Lipinski definition) is 2. The second-order valence-corrected chi connectivity index (χ2v) is 4.83. The maximum absolute atomic E-state index is 11.1. The third-order valence-corrected chi connectivity index (χ3v) is 2.85. The van der Waals surface area contributed by atoms with Crippen molar-refractivity contribution >= 4 is 40.5 Å². The molecule has 2 rings (SSSR count). The van der Waals surface area contributed by atoms with Gasteiger partial charge in [-0.15, -0.1) is 0 Å². The molecule has 0 bridgehead atoms. The van der Waals surface area contributed by atoms with E-state index < -0.39 is 5.97 Å². The lowest BCUT2D eigenvalue weighted by Crippen LogP contribution is -2.04. The third kappa shape index (κ3) is 3.36. The van der Waals surface area contributed by atoms with E-state index in [1.54, 1.807) is 31.2 Å². The summed E-state index contributed by atoms with van der Waals surface area (Å²) in [5.41, 5.74) is 1.85. The Balaban J connectivity index is 2.42. The summed E-state index contributed by atoms with van der Waals surface area (Å²) in [5.74, 6) is -1.05. The summed E-state index contributed by atoms with van der Waals surface area (Å²) >= 11 is 11.8. The molecule has 0 radical (unpaired) electrons. The Morgan fingerprint density at radius 1 is 1.21 bits per heavy atom. The quantitative estimate of drug-likeness (QED) is 0.893. The van der Waals surface area contributed by atoms with Crippen molar-refractivity contribution in [2.24, 2.45) is 0 Å². The average molecular weight is 297 g/mol. The second kappa shape index (κ2) is 5.47. The average Bonchev–Trinajstić information content (AvgIpc) is 2.26. The van der Waals surface area contributed by atoms with E-state index in [0.717, 1.165) is 0 Å². The fourth-order valence-electron chi connectivity index (χ4n) is 1.62. The van der Waals surface area contributed by atoms with Gasteiger partial charge in [0.25, 0.3) is 0 Å². The van der Waals surface area contributed by atoms with Crippen LogP contribution in [0.1, 0.15) is 16.1 Å². The number of hydrogen-bond acceptors (Lipinski definition) is 3. The molecule has 4 nitrogen and oxygen atoms in total. The van der Waals surface area contributed by atoms with Gasteiger partial charge in [-0.2, -0.15) is 0 Å². The fraction of sp³-hybridized carbons (Fsp3) is 0.0769. The number of halogens is 2. The van der Waals surface area contributed by atoms with Crippen LogP contribution in [-0.2, 0) is 0 Å². The summed E-state index contributed by atoms with van der Waals surface area (Å²) < 4.78 is 0. The predicted octanol–water partition coefficient (Wildman–Crippen LogP) is 4.14. The smallest absolute Gasteiger partial charge is 0.339 e. The number of rotatable bonds is 3. The van der Waals surface area contributed by atoms with Crippen molar-refractivity contribution in [2.45, 2.75) is 6.92 Å². The zero-order valence-electron chi connectivity index (χ0n) is 9.95. The molecule has 0 atom stereocenters. The van der Waals surface area contributed by atoms with Crippen molar-refractivity contribution in [3.63, 3.8) is 0 Å².